The molecule has 0 saturated carbocycles. The van der Waals surface area contributed by atoms with E-state index >= 15 is 0 Å². The number of terminal acetylenes is 1. The molecule has 240 valence electrons. The molecule has 0 unspecified atom stereocenters. The molecule has 1 atom stereocenters. The molecular weight excluding hydrogens is 612 g/mol. The van der Waals surface area contributed by atoms with Crippen LogP contribution in [0.15, 0.2) is 23.6 Å². The number of likely N-dealkylation sites (tertiary alicyclic amines) is 1. The molecule has 0 aliphatic carbocycles. The van der Waals surface area contributed by atoms with Gasteiger partial charge in [-0.15, -0.1) is 17.8 Å². The number of benzene rings is 1. The fraction of sp³-hybridized carbons (Fsp3) is 0.531. The summed E-state index contributed by atoms with van der Waals surface area (Å²) >= 11 is 7.91. The Morgan fingerprint density at radius 1 is 1.07 bits per heavy atom. The molecule has 6 rings (SSSR count). The summed E-state index contributed by atoms with van der Waals surface area (Å²) in [4.78, 5) is 48.4. The molecule has 4 aliphatic heterocycles. The minimum atomic E-state index is -0.796. The van der Waals surface area contributed by atoms with Crippen LogP contribution in [0.25, 0.3) is 0 Å². The molecule has 5 amide bonds. The monoisotopic (exact) mass is 652 g/mol. The van der Waals surface area contributed by atoms with Gasteiger partial charge in [0.25, 0.3) is 0 Å². The average molecular weight is 653 g/mol. The summed E-state index contributed by atoms with van der Waals surface area (Å²) in [6.07, 6.45) is 9.47. The molecule has 1 aromatic heterocycles. The van der Waals surface area contributed by atoms with Gasteiger partial charge in [0.2, 0.25) is 5.91 Å². The smallest absolute Gasteiger partial charge is 0.323 e. The molecule has 11 nitrogen and oxygen atoms in total. The molecule has 3 fully saturated rings. The normalized spacial score (nSPS) is 20.7. The van der Waals surface area contributed by atoms with Crippen LogP contribution in [0, 0.1) is 12.3 Å². The van der Waals surface area contributed by atoms with E-state index in [0.29, 0.717) is 67.9 Å². The van der Waals surface area contributed by atoms with E-state index in [0.717, 1.165) is 55.1 Å². The first-order valence-electron chi connectivity index (χ1n) is 15.8. The van der Waals surface area contributed by atoms with E-state index in [-0.39, 0.29) is 30.4 Å². The lowest BCUT2D eigenvalue weighted by molar-refractivity contribution is -0.135. The van der Waals surface area contributed by atoms with Crippen molar-refractivity contribution < 1.29 is 14.4 Å². The largest absolute Gasteiger partial charge is 0.397 e. The number of halogens is 1. The molecular formula is C32H41ClN8O3S. The fourth-order valence-electron chi connectivity index (χ4n) is 6.96. The Kier molecular flexibility index (Phi) is 9.70. The highest BCUT2D eigenvalue weighted by molar-refractivity contribution is 7.14. The van der Waals surface area contributed by atoms with E-state index in [1.165, 1.54) is 11.3 Å². The molecule has 0 bridgehead atoms. The van der Waals surface area contributed by atoms with E-state index in [1.54, 1.807) is 17.0 Å². The lowest BCUT2D eigenvalue weighted by Gasteiger charge is -2.42. The van der Waals surface area contributed by atoms with Gasteiger partial charge in [-0.2, -0.15) is 0 Å². The molecule has 5 N–H and O–H groups in total. The molecule has 5 heterocycles. The van der Waals surface area contributed by atoms with Crippen LogP contribution in [-0.4, -0.2) is 108 Å². The lowest BCUT2D eigenvalue weighted by atomic mass is 10.00. The Bertz CT molecular complexity index is 1450. The van der Waals surface area contributed by atoms with Gasteiger partial charge in [-0.25, -0.2) is 9.59 Å². The number of rotatable bonds is 6. The van der Waals surface area contributed by atoms with E-state index in [1.807, 2.05) is 21.2 Å². The van der Waals surface area contributed by atoms with Crippen LogP contribution >= 0.6 is 22.9 Å². The summed E-state index contributed by atoms with van der Waals surface area (Å²) < 4.78 is 0. The second-order valence-corrected chi connectivity index (χ2v) is 13.6. The Balaban J connectivity index is 1.11. The van der Waals surface area contributed by atoms with Gasteiger partial charge in [0.1, 0.15) is 11.0 Å². The summed E-state index contributed by atoms with van der Waals surface area (Å²) in [5, 5.41) is 12.7. The third-order valence-corrected chi connectivity index (χ3v) is 10.8. The standard InChI is InChI=1S/C32H41ClN8O3S/c1-2-22-17-21(18-26(33)28(22)34)19-27(30(42)39-14-12-38(13-15-39)24-3-8-35-9-4-24)36-31(43)40-10-5-25(6-11-40)41-20-23-7-16-45-29(23)37-32(41)44/h1,7,16-18,24-25,27,35H,3-6,8-15,19-20,34H2,(H,36,43)(H,37,44)/t27-/m1/s1. The van der Waals surface area contributed by atoms with Crippen LogP contribution < -0.4 is 21.7 Å². The van der Waals surface area contributed by atoms with Crippen molar-refractivity contribution in [2.45, 2.75) is 56.8 Å². The third-order valence-electron chi connectivity index (χ3n) is 9.59. The van der Waals surface area contributed by atoms with Crippen LogP contribution in [0.1, 0.15) is 42.4 Å². The van der Waals surface area contributed by atoms with Crippen molar-refractivity contribution in [1.82, 2.24) is 30.2 Å². The number of amides is 5. The highest BCUT2D eigenvalue weighted by Gasteiger charge is 2.36. The number of urea groups is 2. The van der Waals surface area contributed by atoms with Crippen molar-refractivity contribution in [3.8, 4) is 12.3 Å². The van der Waals surface area contributed by atoms with Crippen LogP contribution in [-0.2, 0) is 17.8 Å². The van der Waals surface area contributed by atoms with Crippen LogP contribution in [0.2, 0.25) is 5.02 Å². The highest BCUT2D eigenvalue weighted by atomic mass is 35.5. The molecule has 3 saturated heterocycles. The number of piperazine rings is 1. The zero-order valence-corrected chi connectivity index (χ0v) is 27.0. The van der Waals surface area contributed by atoms with Crippen molar-refractivity contribution in [3.05, 3.63) is 45.3 Å². The number of hydrogen-bond acceptors (Lipinski definition) is 7. The van der Waals surface area contributed by atoms with Crippen LogP contribution in [0.5, 0.6) is 0 Å². The number of nitrogens with one attached hydrogen (secondary N) is 3. The Morgan fingerprint density at radius 3 is 2.51 bits per heavy atom. The van der Waals surface area contributed by atoms with Crippen molar-refractivity contribution in [2.24, 2.45) is 0 Å². The predicted octanol–water partition coefficient (Wildman–Crippen LogP) is 2.99. The molecule has 13 heteroatoms. The van der Waals surface area contributed by atoms with Crippen molar-refractivity contribution in [3.63, 3.8) is 0 Å². The van der Waals surface area contributed by atoms with E-state index < -0.39 is 6.04 Å². The molecule has 0 radical (unpaired) electrons. The average Bonchev–Trinajstić information content (AvgIpc) is 3.53. The van der Waals surface area contributed by atoms with Gasteiger partial charge in [-0.1, -0.05) is 17.5 Å². The molecule has 2 aromatic rings. The number of nitrogen functional groups attached to an aromatic ring is 1. The first-order chi connectivity index (χ1) is 21.8. The molecule has 4 aliphatic rings. The topological polar surface area (TPSA) is 126 Å². The van der Waals surface area contributed by atoms with Gasteiger partial charge >= 0.3 is 12.1 Å². The number of anilines is 2. The maximum atomic E-state index is 14.0. The molecule has 0 spiro atoms. The zero-order chi connectivity index (χ0) is 31.5. The Labute approximate surface area is 273 Å². The molecule has 45 heavy (non-hydrogen) atoms. The zero-order valence-electron chi connectivity index (χ0n) is 25.4. The number of nitrogens with two attached hydrogens (primary N) is 1. The van der Waals surface area contributed by atoms with Crippen LogP contribution in [0.3, 0.4) is 0 Å². The summed E-state index contributed by atoms with van der Waals surface area (Å²) in [5.41, 5.74) is 8.69. The number of piperidine rings is 2. The number of carbonyl (C=O) groups is 3. The Morgan fingerprint density at radius 2 is 1.80 bits per heavy atom. The highest BCUT2D eigenvalue weighted by Crippen LogP contribution is 2.32. The van der Waals surface area contributed by atoms with Gasteiger partial charge in [0, 0.05) is 68.9 Å². The van der Waals surface area contributed by atoms with E-state index in [9.17, 15) is 14.4 Å². The number of fused-ring (bicyclic) bond motifs is 1. The first-order valence-corrected chi connectivity index (χ1v) is 17.0. The second-order valence-electron chi connectivity index (χ2n) is 12.3. The lowest BCUT2D eigenvalue weighted by Crippen LogP contribution is -2.59. The number of nitrogens with zero attached hydrogens (tertiary/aromatic N) is 4. The minimum absolute atomic E-state index is 0.0369. The van der Waals surface area contributed by atoms with E-state index in [2.05, 4.69) is 26.8 Å². The SMILES string of the molecule is C#Cc1cc(C[C@@H](NC(=O)N2CCC(N3Cc4ccsc4NC3=O)CC2)C(=O)N2CCN(C3CCNCC3)CC2)cc(Cl)c1N. The third kappa shape index (κ3) is 7.02. The van der Waals surface area contributed by atoms with Crippen molar-refractivity contribution in [2.75, 3.05) is 63.4 Å². The van der Waals surface area contributed by atoms with Gasteiger partial charge in [0.15, 0.2) is 0 Å². The first kappa shape index (κ1) is 31.5. The van der Waals surface area contributed by atoms with Gasteiger partial charge in [0.05, 0.1) is 17.3 Å². The van der Waals surface area contributed by atoms with Crippen LogP contribution in [0.4, 0.5) is 20.3 Å². The second kappa shape index (κ2) is 13.9. The Hall–Kier alpha value is -3.50. The van der Waals surface area contributed by atoms with Crippen molar-refractivity contribution in [1.29, 1.82) is 0 Å². The summed E-state index contributed by atoms with van der Waals surface area (Å²) in [6, 6.07) is 4.93. The molecule has 1 aromatic carbocycles. The van der Waals surface area contributed by atoms with Crippen molar-refractivity contribution >= 4 is 51.6 Å². The van der Waals surface area contributed by atoms with E-state index in [4.69, 9.17) is 23.8 Å². The number of thiophene rings is 1. The van der Waals surface area contributed by atoms with Gasteiger partial charge in [-0.3, -0.25) is 15.0 Å². The maximum absolute atomic E-state index is 14.0. The summed E-state index contributed by atoms with van der Waals surface area (Å²) in [7, 11) is 0. The number of hydrogen-bond donors (Lipinski definition) is 4. The van der Waals surface area contributed by atoms with Gasteiger partial charge in [-0.05, 0) is 67.9 Å². The number of carbonyl (C=O) groups excluding carboxylic acids is 3. The minimum Gasteiger partial charge on any atom is -0.397 e. The summed E-state index contributed by atoms with van der Waals surface area (Å²) in [5.74, 6) is 2.45. The fourth-order valence-corrected chi connectivity index (χ4v) is 8.00. The predicted molar refractivity (Wildman–Crippen MR) is 177 cm³/mol. The van der Waals surface area contributed by atoms with Gasteiger partial charge < -0.3 is 31.1 Å². The summed E-state index contributed by atoms with van der Waals surface area (Å²) in [6.45, 7) is 6.47. The maximum Gasteiger partial charge on any atom is 0.323 e. The quantitative estimate of drug-likeness (QED) is 0.281.